The normalized spacial score (nSPS) is 22.6. The molecule has 0 bridgehead atoms. The van der Waals surface area contributed by atoms with Gasteiger partial charge in [0.25, 0.3) is 0 Å². The van der Waals surface area contributed by atoms with Crippen molar-refractivity contribution in [1.82, 2.24) is 19.8 Å². The summed E-state index contributed by atoms with van der Waals surface area (Å²) in [6, 6.07) is 8.75. The predicted molar refractivity (Wildman–Crippen MR) is 125 cm³/mol. The highest BCUT2D eigenvalue weighted by molar-refractivity contribution is 7.99. The van der Waals surface area contributed by atoms with Crippen LogP contribution in [0.5, 0.6) is 0 Å². The number of likely N-dealkylation sites (tertiary alicyclic amines) is 1. The van der Waals surface area contributed by atoms with E-state index in [9.17, 15) is 9.59 Å². The molecule has 2 fully saturated rings. The van der Waals surface area contributed by atoms with Crippen LogP contribution >= 0.6 is 11.8 Å². The molecule has 1 saturated carbocycles. The number of carbonyl (C=O) groups is 2. The second-order valence-electron chi connectivity index (χ2n) is 9.09. The Morgan fingerprint density at radius 1 is 1.03 bits per heavy atom. The molecule has 31 heavy (non-hydrogen) atoms. The SMILES string of the molecule is C[C@@H]1CCC[C@H](C)N1C(=O)Cn1c(SCC(=O)NC2CCCCC2)nc2ccccc21. The molecule has 1 aliphatic carbocycles. The lowest BCUT2D eigenvalue weighted by Crippen LogP contribution is -2.48. The summed E-state index contributed by atoms with van der Waals surface area (Å²) < 4.78 is 1.99. The Morgan fingerprint density at radius 2 is 1.74 bits per heavy atom. The molecule has 1 aromatic carbocycles. The number of fused-ring (bicyclic) bond motifs is 1. The molecule has 1 aromatic heterocycles. The van der Waals surface area contributed by atoms with Crippen molar-refractivity contribution in [2.75, 3.05) is 5.75 Å². The van der Waals surface area contributed by atoms with E-state index in [2.05, 4.69) is 19.2 Å². The van der Waals surface area contributed by atoms with Crippen molar-refractivity contribution in [2.24, 2.45) is 0 Å². The third kappa shape index (κ3) is 5.25. The van der Waals surface area contributed by atoms with Gasteiger partial charge in [0.2, 0.25) is 11.8 Å². The molecule has 168 valence electrons. The first-order chi connectivity index (χ1) is 15.0. The third-order valence-electron chi connectivity index (χ3n) is 6.70. The highest BCUT2D eigenvalue weighted by atomic mass is 32.2. The maximum absolute atomic E-state index is 13.3. The summed E-state index contributed by atoms with van der Waals surface area (Å²) in [6.45, 7) is 4.55. The summed E-state index contributed by atoms with van der Waals surface area (Å²) in [4.78, 5) is 32.6. The van der Waals surface area contributed by atoms with Crippen LogP contribution in [0.1, 0.15) is 65.2 Å². The van der Waals surface area contributed by atoms with Gasteiger partial charge in [0, 0.05) is 18.1 Å². The Labute approximate surface area is 189 Å². The zero-order valence-corrected chi connectivity index (χ0v) is 19.5. The minimum absolute atomic E-state index is 0.0557. The lowest BCUT2D eigenvalue weighted by atomic mass is 9.95. The molecule has 7 heteroatoms. The monoisotopic (exact) mass is 442 g/mol. The van der Waals surface area contributed by atoms with E-state index >= 15 is 0 Å². The van der Waals surface area contributed by atoms with Crippen LogP contribution in [0.3, 0.4) is 0 Å². The molecule has 1 N–H and O–H groups in total. The van der Waals surface area contributed by atoms with Crippen molar-refractivity contribution in [3.05, 3.63) is 24.3 Å². The van der Waals surface area contributed by atoms with Gasteiger partial charge in [0.1, 0.15) is 6.54 Å². The number of thioether (sulfide) groups is 1. The van der Waals surface area contributed by atoms with Gasteiger partial charge < -0.3 is 14.8 Å². The minimum Gasteiger partial charge on any atom is -0.353 e. The van der Waals surface area contributed by atoms with Crippen molar-refractivity contribution < 1.29 is 9.59 Å². The van der Waals surface area contributed by atoms with Crippen molar-refractivity contribution in [3.63, 3.8) is 0 Å². The molecular weight excluding hydrogens is 408 g/mol. The van der Waals surface area contributed by atoms with Gasteiger partial charge in [-0.15, -0.1) is 0 Å². The van der Waals surface area contributed by atoms with E-state index < -0.39 is 0 Å². The fraction of sp³-hybridized carbons (Fsp3) is 0.625. The third-order valence-corrected chi connectivity index (χ3v) is 7.67. The van der Waals surface area contributed by atoms with E-state index in [1.165, 1.54) is 37.4 Å². The number of amides is 2. The van der Waals surface area contributed by atoms with E-state index in [0.29, 0.717) is 11.8 Å². The number of rotatable bonds is 6. The molecule has 0 unspecified atom stereocenters. The molecule has 1 aliphatic heterocycles. The van der Waals surface area contributed by atoms with E-state index in [-0.39, 0.29) is 30.4 Å². The number of aromatic nitrogens is 2. The van der Waals surface area contributed by atoms with Gasteiger partial charge in [0.05, 0.1) is 16.8 Å². The van der Waals surface area contributed by atoms with Gasteiger partial charge in [-0.1, -0.05) is 43.2 Å². The molecule has 0 spiro atoms. The number of hydrogen-bond acceptors (Lipinski definition) is 4. The van der Waals surface area contributed by atoms with Crippen molar-refractivity contribution in [2.45, 2.75) is 95.0 Å². The second kappa shape index (κ2) is 10.1. The fourth-order valence-electron chi connectivity index (χ4n) is 5.09. The maximum Gasteiger partial charge on any atom is 0.243 e. The predicted octanol–water partition coefficient (Wildman–Crippen LogP) is 4.37. The fourth-order valence-corrected chi connectivity index (χ4v) is 5.92. The number of para-hydroxylation sites is 2. The van der Waals surface area contributed by atoms with Crippen molar-refractivity contribution in [1.29, 1.82) is 0 Å². The number of imidazole rings is 1. The Hall–Kier alpha value is -2.02. The van der Waals surface area contributed by atoms with Gasteiger partial charge in [-0.2, -0.15) is 0 Å². The minimum atomic E-state index is 0.0557. The molecule has 6 nitrogen and oxygen atoms in total. The highest BCUT2D eigenvalue weighted by Gasteiger charge is 2.29. The van der Waals surface area contributed by atoms with Crippen molar-refractivity contribution >= 4 is 34.6 Å². The van der Waals surface area contributed by atoms with Gasteiger partial charge in [-0.05, 0) is 58.1 Å². The summed E-state index contributed by atoms with van der Waals surface area (Å²) in [6.07, 6.45) is 9.12. The summed E-state index contributed by atoms with van der Waals surface area (Å²) in [5.41, 5.74) is 1.81. The smallest absolute Gasteiger partial charge is 0.243 e. The van der Waals surface area contributed by atoms with Crippen LogP contribution in [0.4, 0.5) is 0 Å². The lowest BCUT2D eigenvalue weighted by molar-refractivity contribution is -0.138. The molecule has 0 radical (unpaired) electrons. The van der Waals surface area contributed by atoms with E-state index in [0.717, 1.165) is 41.9 Å². The second-order valence-corrected chi connectivity index (χ2v) is 10.0. The molecule has 2 aliphatic rings. The van der Waals surface area contributed by atoms with Gasteiger partial charge in [-0.25, -0.2) is 4.98 Å². The molecule has 2 aromatic rings. The average molecular weight is 443 g/mol. The molecule has 1 saturated heterocycles. The largest absolute Gasteiger partial charge is 0.353 e. The molecule has 2 atom stereocenters. The van der Waals surface area contributed by atoms with Crippen LogP contribution in [-0.2, 0) is 16.1 Å². The van der Waals surface area contributed by atoms with E-state index in [1.807, 2.05) is 33.7 Å². The number of nitrogens with one attached hydrogen (secondary N) is 1. The number of hydrogen-bond donors (Lipinski definition) is 1. The first kappa shape index (κ1) is 22.2. The summed E-state index contributed by atoms with van der Waals surface area (Å²) in [5, 5.41) is 3.92. The van der Waals surface area contributed by atoms with Crippen LogP contribution in [0.25, 0.3) is 11.0 Å². The van der Waals surface area contributed by atoms with Crippen LogP contribution in [0.2, 0.25) is 0 Å². The molecule has 2 heterocycles. The Morgan fingerprint density at radius 3 is 2.48 bits per heavy atom. The highest BCUT2D eigenvalue weighted by Crippen LogP contribution is 2.27. The number of benzene rings is 1. The Kier molecular flexibility index (Phi) is 7.20. The first-order valence-corrected chi connectivity index (χ1v) is 12.7. The number of carbonyl (C=O) groups excluding carboxylic acids is 2. The van der Waals surface area contributed by atoms with E-state index in [1.54, 1.807) is 0 Å². The zero-order chi connectivity index (χ0) is 21.8. The van der Waals surface area contributed by atoms with Crippen LogP contribution < -0.4 is 5.32 Å². The van der Waals surface area contributed by atoms with Crippen LogP contribution in [-0.4, -0.2) is 50.1 Å². The van der Waals surface area contributed by atoms with Crippen LogP contribution in [0.15, 0.2) is 29.4 Å². The van der Waals surface area contributed by atoms with E-state index in [4.69, 9.17) is 4.98 Å². The Bertz CT molecular complexity index is 911. The van der Waals surface area contributed by atoms with Crippen LogP contribution in [0, 0.1) is 0 Å². The standard InChI is InChI=1S/C24H34N4O2S/c1-17-9-8-10-18(2)28(17)23(30)15-27-21-14-7-6-13-20(21)26-24(27)31-16-22(29)25-19-11-4-3-5-12-19/h6-7,13-14,17-19H,3-5,8-12,15-16H2,1-2H3,(H,25,29)/t17-,18+. The Balaban J connectivity index is 1.47. The van der Waals surface area contributed by atoms with Crippen molar-refractivity contribution in [3.8, 4) is 0 Å². The molecular formula is C24H34N4O2S. The first-order valence-electron chi connectivity index (χ1n) is 11.7. The zero-order valence-electron chi connectivity index (χ0n) is 18.7. The summed E-state index contributed by atoms with van der Waals surface area (Å²) in [5.74, 6) is 0.515. The molecule has 2 amide bonds. The number of nitrogens with zero attached hydrogens (tertiary/aromatic N) is 3. The van der Waals surface area contributed by atoms with Gasteiger partial charge >= 0.3 is 0 Å². The average Bonchev–Trinajstić information content (AvgIpc) is 3.10. The molecule has 4 rings (SSSR count). The topological polar surface area (TPSA) is 67.2 Å². The summed E-state index contributed by atoms with van der Waals surface area (Å²) >= 11 is 1.43. The quantitative estimate of drug-likeness (QED) is 0.675. The lowest BCUT2D eigenvalue weighted by Gasteiger charge is -2.39. The summed E-state index contributed by atoms with van der Waals surface area (Å²) in [7, 11) is 0. The maximum atomic E-state index is 13.3. The number of piperidine rings is 1. The van der Waals surface area contributed by atoms with Gasteiger partial charge in [0.15, 0.2) is 5.16 Å². The van der Waals surface area contributed by atoms with Gasteiger partial charge in [-0.3, -0.25) is 9.59 Å².